The average molecular weight is 543 g/mol. The number of carbonyl (C=O) groups is 3. The Morgan fingerprint density at radius 2 is 1.69 bits per heavy atom. The molecule has 0 aromatic rings. The molecule has 5 heteroatoms. The quantitative estimate of drug-likeness (QED) is 0.199. The molecule has 3 saturated carbocycles. The van der Waals surface area contributed by atoms with Gasteiger partial charge in [0.1, 0.15) is 11.9 Å². The van der Waals surface area contributed by atoms with E-state index < -0.39 is 5.97 Å². The SMILES string of the molecule is CC(C)CCC[C@@H](C)[C@H]1CCC2C3CC=C4C[C@@H](OC(=O)CCC(=O)CCC(=O)O)CC[C@]4(C)C3CC[C@@]21C. The fourth-order valence-electron chi connectivity index (χ4n) is 9.61. The molecule has 0 amide bonds. The number of carboxylic acids is 1. The first-order valence-electron chi connectivity index (χ1n) is 16.1. The number of carbonyl (C=O) groups excluding carboxylic acids is 2. The predicted octanol–water partition coefficient (Wildman–Crippen LogP) is 8.15. The second kappa shape index (κ2) is 12.5. The van der Waals surface area contributed by atoms with Crippen molar-refractivity contribution < 1.29 is 24.2 Å². The first kappa shape index (κ1) is 30.3. The lowest BCUT2D eigenvalue weighted by molar-refractivity contribution is -0.152. The Kier molecular flexibility index (Phi) is 9.69. The minimum absolute atomic E-state index is 0.0162. The summed E-state index contributed by atoms with van der Waals surface area (Å²) in [6.07, 6.45) is 16.0. The molecule has 1 N–H and O–H groups in total. The van der Waals surface area contributed by atoms with Gasteiger partial charge in [0.05, 0.1) is 12.8 Å². The van der Waals surface area contributed by atoms with Crippen LogP contribution in [-0.2, 0) is 19.1 Å². The topological polar surface area (TPSA) is 80.7 Å². The number of hydrogen-bond donors (Lipinski definition) is 1. The minimum Gasteiger partial charge on any atom is -0.481 e. The number of ketones is 1. The zero-order valence-electron chi connectivity index (χ0n) is 25.3. The second-order valence-corrected chi connectivity index (χ2v) is 14.6. The summed E-state index contributed by atoms with van der Waals surface area (Å²) in [6, 6.07) is 0. The molecule has 0 aliphatic heterocycles. The third kappa shape index (κ3) is 6.64. The molecule has 0 spiro atoms. The molecule has 0 saturated heterocycles. The Bertz CT molecular complexity index is 936. The highest BCUT2D eigenvalue weighted by Gasteiger charge is 2.59. The maximum absolute atomic E-state index is 12.5. The zero-order chi connectivity index (χ0) is 28.4. The van der Waals surface area contributed by atoms with E-state index in [9.17, 15) is 14.4 Å². The van der Waals surface area contributed by atoms with Crippen molar-refractivity contribution in [2.45, 2.75) is 137 Å². The van der Waals surface area contributed by atoms with E-state index in [1.807, 2.05) is 0 Å². The number of carboxylic acid groups (broad SMARTS) is 1. The van der Waals surface area contributed by atoms with Crippen molar-refractivity contribution in [3.8, 4) is 0 Å². The van der Waals surface area contributed by atoms with Gasteiger partial charge in [-0.1, -0.05) is 65.5 Å². The van der Waals surface area contributed by atoms with E-state index in [0.717, 1.165) is 54.8 Å². The van der Waals surface area contributed by atoms with Crippen LogP contribution in [0.1, 0.15) is 131 Å². The van der Waals surface area contributed by atoms with Gasteiger partial charge < -0.3 is 9.84 Å². The van der Waals surface area contributed by atoms with Gasteiger partial charge in [-0.15, -0.1) is 0 Å². The molecule has 3 unspecified atom stereocenters. The van der Waals surface area contributed by atoms with Crippen LogP contribution in [0.15, 0.2) is 11.6 Å². The summed E-state index contributed by atoms with van der Waals surface area (Å²) in [5.74, 6) is 3.40. The molecule has 220 valence electrons. The molecule has 0 radical (unpaired) electrons. The van der Waals surface area contributed by atoms with Crippen LogP contribution in [0.25, 0.3) is 0 Å². The Hall–Kier alpha value is -1.65. The maximum atomic E-state index is 12.5. The van der Waals surface area contributed by atoms with Crippen LogP contribution in [0.3, 0.4) is 0 Å². The number of hydrogen-bond acceptors (Lipinski definition) is 4. The van der Waals surface area contributed by atoms with E-state index >= 15 is 0 Å². The molecule has 4 aliphatic carbocycles. The van der Waals surface area contributed by atoms with Gasteiger partial charge in [0.25, 0.3) is 0 Å². The molecule has 0 bridgehead atoms. The molecule has 0 aromatic carbocycles. The zero-order valence-corrected chi connectivity index (χ0v) is 25.3. The maximum Gasteiger partial charge on any atom is 0.306 e. The van der Waals surface area contributed by atoms with Gasteiger partial charge in [-0.3, -0.25) is 14.4 Å². The summed E-state index contributed by atoms with van der Waals surface area (Å²) in [7, 11) is 0. The number of fused-ring (bicyclic) bond motifs is 5. The highest BCUT2D eigenvalue weighted by atomic mass is 16.5. The normalized spacial score (nSPS) is 36.4. The number of ether oxygens (including phenoxy) is 1. The van der Waals surface area contributed by atoms with Crippen LogP contribution >= 0.6 is 0 Å². The fraction of sp³-hybridized carbons (Fsp3) is 0.853. The monoisotopic (exact) mass is 542 g/mol. The third-order valence-corrected chi connectivity index (χ3v) is 11.8. The second-order valence-electron chi connectivity index (χ2n) is 14.6. The van der Waals surface area contributed by atoms with Crippen molar-refractivity contribution in [2.75, 3.05) is 0 Å². The van der Waals surface area contributed by atoms with Crippen LogP contribution in [0.2, 0.25) is 0 Å². The molecule has 4 aliphatic rings. The van der Waals surface area contributed by atoms with Crippen LogP contribution in [0.5, 0.6) is 0 Å². The van der Waals surface area contributed by atoms with E-state index in [1.165, 1.54) is 56.9 Å². The summed E-state index contributed by atoms with van der Waals surface area (Å²) in [4.78, 5) is 35.0. The Balaban J connectivity index is 1.33. The number of esters is 1. The van der Waals surface area contributed by atoms with E-state index in [4.69, 9.17) is 9.84 Å². The van der Waals surface area contributed by atoms with Gasteiger partial charge in [-0.2, -0.15) is 0 Å². The van der Waals surface area contributed by atoms with Crippen LogP contribution in [0.4, 0.5) is 0 Å². The first-order valence-corrected chi connectivity index (χ1v) is 16.1. The van der Waals surface area contributed by atoms with Crippen molar-refractivity contribution in [1.29, 1.82) is 0 Å². The van der Waals surface area contributed by atoms with Crippen molar-refractivity contribution in [2.24, 2.45) is 46.3 Å². The molecule has 3 fully saturated rings. The summed E-state index contributed by atoms with van der Waals surface area (Å²) < 4.78 is 5.82. The molecule has 5 nitrogen and oxygen atoms in total. The lowest BCUT2D eigenvalue weighted by Gasteiger charge is -2.58. The van der Waals surface area contributed by atoms with Gasteiger partial charge in [-0.25, -0.2) is 0 Å². The van der Waals surface area contributed by atoms with Gasteiger partial charge in [0, 0.05) is 19.3 Å². The van der Waals surface area contributed by atoms with Crippen molar-refractivity contribution >= 4 is 17.7 Å². The molecular weight excluding hydrogens is 488 g/mol. The minimum atomic E-state index is -0.985. The molecule has 0 heterocycles. The summed E-state index contributed by atoms with van der Waals surface area (Å²) >= 11 is 0. The van der Waals surface area contributed by atoms with Gasteiger partial charge in [0.2, 0.25) is 0 Å². The van der Waals surface area contributed by atoms with Gasteiger partial charge in [-0.05, 0) is 91.3 Å². The fourth-order valence-corrected chi connectivity index (χ4v) is 9.61. The van der Waals surface area contributed by atoms with Gasteiger partial charge in [0.15, 0.2) is 0 Å². The Labute approximate surface area is 236 Å². The molecule has 4 rings (SSSR count). The number of Topliss-reactive ketones (excluding diaryl/α,β-unsaturated/α-hetero) is 1. The van der Waals surface area contributed by atoms with Crippen LogP contribution in [0, 0.1) is 46.3 Å². The van der Waals surface area contributed by atoms with Crippen LogP contribution in [-0.4, -0.2) is 28.9 Å². The van der Waals surface area contributed by atoms with Crippen LogP contribution < -0.4 is 0 Å². The van der Waals surface area contributed by atoms with E-state index in [-0.39, 0.29) is 49.0 Å². The summed E-state index contributed by atoms with van der Waals surface area (Å²) in [5.41, 5.74) is 2.22. The summed E-state index contributed by atoms with van der Waals surface area (Å²) in [5, 5.41) is 8.73. The molecule has 39 heavy (non-hydrogen) atoms. The molecular formula is C34H54O5. The van der Waals surface area contributed by atoms with Gasteiger partial charge >= 0.3 is 11.9 Å². The highest BCUT2D eigenvalue weighted by Crippen LogP contribution is 2.67. The number of allylic oxidation sites excluding steroid dienone is 1. The number of rotatable bonds is 12. The van der Waals surface area contributed by atoms with E-state index in [2.05, 4.69) is 40.7 Å². The highest BCUT2D eigenvalue weighted by molar-refractivity contribution is 5.85. The third-order valence-electron chi connectivity index (χ3n) is 11.8. The molecule has 0 aromatic heterocycles. The summed E-state index contributed by atoms with van der Waals surface area (Å²) in [6.45, 7) is 12.4. The standard InChI is InChI=1S/C34H54O5/c1-22(2)7-6-8-23(3)28-13-14-29-27-12-9-24-21-26(39-32(38)16-11-25(35)10-15-31(36)37)17-19-33(24,4)30(27)18-20-34(28,29)5/h9,22-23,26-30H,6-8,10-21H2,1-5H3,(H,36,37)/t23-,26+,27?,28-,29?,30?,33+,34-/m1/s1. The molecule has 8 atom stereocenters. The van der Waals surface area contributed by atoms with E-state index in [1.54, 1.807) is 0 Å². The Morgan fingerprint density at radius 1 is 0.949 bits per heavy atom. The van der Waals surface area contributed by atoms with Crippen molar-refractivity contribution in [1.82, 2.24) is 0 Å². The Morgan fingerprint density at radius 3 is 2.41 bits per heavy atom. The predicted molar refractivity (Wildman–Crippen MR) is 154 cm³/mol. The first-order chi connectivity index (χ1) is 18.4. The average Bonchev–Trinajstić information content (AvgIpc) is 3.23. The number of aliphatic carboxylic acids is 1. The van der Waals surface area contributed by atoms with E-state index in [0.29, 0.717) is 5.41 Å². The lowest BCUT2D eigenvalue weighted by atomic mass is 9.47. The smallest absolute Gasteiger partial charge is 0.306 e. The van der Waals surface area contributed by atoms with Crippen molar-refractivity contribution in [3.63, 3.8) is 0 Å². The largest absolute Gasteiger partial charge is 0.481 e. The van der Waals surface area contributed by atoms with Crippen molar-refractivity contribution in [3.05, 3.63) is 11.6 Å². The lowest BCUT2D eigenvalue weighted by Crippen LogP contribution is -2.51.